The zero-order valence-corrected chi connectivity index (χ0v) is 14.3. The molecule has 0 aromatic rings. The predicted octanol–water partition coefficient (Wildman–Crippen LogP) is 3.74. The molecule has 7 atom stereocenters. The van der Waals surface area contributed by atoms with E-state index in [0.29, 0.717) is 41.8 Å². The number of ketones is 1. The summed E-state index contributed by atoms with van der Waals surface area (Å²) in [6, 6.07) is 0. The van der Waals surface area contributed by atoms with Crippen molar-refractivity contribution >= 4 is 5.78 Å². The van der Waals surface area contributed by atoms with Gasteiger partial charge in [0.2, 0.25) is 0 Å². The minimum atomic E-state index is -0.910. The van der Waals surface area contributed by atoms with E-state index in [9.17, 15) is 9.90 Å². The van der Waals surface area contributed by atoms with Crippen LogP contribution in [-0.2, 0) is 4.79 Å². The maximum atomic E-state index is 11.9. The van der Waals surface area contributed by atoms with Crippen LogP contribution in [0.5, 0.6) is 0 Å². The fourth-order valence-corrected chi connectivity index (χ4v) is 6.87. The van der Waals surface area contributed by atoms with Crippen LogP contribution in [0.15, 0.2) is 11.6 Å². The molecule has 0 aromatic heterocycles. The average Bonchev–Trinajstić information content (AvgIpc) is 2.79. The number of carbonyl (C=O) groups is 1. The number of fused-ring (bicyclic) bond motifs is 5. The van der Waals surface area contributed by atoms with Crippen LogP contribution in [-0.4, -0.2) is 16.5 Å². The van der Waals surface area contributed by atoms with E-state index in [1.54, 1.807) is 0 Å². The van der Waals surface area contributed by atoms with Crippen LogP contribution in [0.4, 0.5) is 0 Å². The summed E-state index contributed by atoms with van der Waals surface area (Å²) in [6.07, 6.45) is 14.7. The Hall–Kier alpha value is -1.07. The molecule has 1 unspecified atom stereocenters. The van der Waals surface area contributed by atoms with Gasteiger partial charge in [0, 0.05) is 11.8 Å². The van der Waals surface area contributed by atoms with Crippen molar-refractivity contribution in [3.8, 4) is 12.3 Å². The van der Waals surface area contributed by atoms with Crippen LogP contribution >= 0.6 is 0 Å². The molecular weight excluding hydrogens is 284 g/mol. The molecular formula is C21H28O2. The van der Waals surface area contributed by atoms with Gasteiger partial charge in [0.1, 0.15) is 5.60 Å². The van der Waals surface area contributed by atoms with Crippen molar-refractivity contribution in [1.29, 1.82) is 0 Å². The molecule has 2 nitrogen and oxygen atoms in total. The first-order valence-corrected chi connectivity index (χ1v) is 9.33. The van der Waals surface area contributed by atoms with E-state index in [1.807, 2.05) is 6.08 Å². The van der Waals surface area contributed by atoms with Crippen LogP contribution in [0.1, 0.15) is 58.8 Å². The highest BCUT2D eigenvalue weighted by Gasteiger charge is 2.62. The van der Waals surface area contributed by atoms with Gasteiger partial charge in [-0.2, -0.15) is 0 Å². The molecule has 0 spiro atoms. The van der Waals surface area contributed by atoms with Crippen LogP contribution in [0.3, 0.4) is 0 Å². The Morgan fingerprint density at radius 1 is 1.26 bits per heavy atom. The number of terminal acetylenes is 1. The molecule has 0 bridgehead atoms. The highest BCUT2D eigenvalue weighted by Crippen LogP contribution is 2.65. The van der Waals surface area contributed by atoms with E-state index in [0.717, 1.165) is 32.1 Å². The van der Waals surface area contributed by atoms with E-state index < -0.39 is 5.60 Å². The largest absolute Gasteiger partial charge is 0.377 e. The minimum Gasteiger partial charge on any atom is -0.377 e. The maximum absolute atomic E-state index is 11.9. The van der Waals surface area contributed by atoms with Crippen molar-refractivity contribution in [2.24, 2.45) is 35.0 Å². The third-order valence-corrected chi connectivity index (χ3v) is 8.02. The van der Waals surface area contributed by atoms with Crippen molar-refractivity contribution in [2.75, 3.05) is 0 Å². The average molecular weight is 312 g/mol. The Morgan fingerprint density at radius 3 is 2.78 bits per heavy atom. The predicted molar refractivity (Wildman–Crippen MR) is 90.4 cm³/mol. The Balaban J connectivity index is 1.68. The summed E-state index contributed by atoms with van der Waals surface area (Å²) >= 11 is 0. The lowest BCUT2D eigenvalue weighted by Gasteiger charge is -2.55. The van der Waals surface area contributed by atoms with Gasteiger partial charge in [-0.3, -0.25) is 4.79 Å². The fourth-order valence-electron chi connectivity index (χ4n) is 6.87. The molecule has 4 aliphatic rings. The van der Waals surface area contributed by atoms with E-state index in [4.69, 9.17) is 6.42 Å². The summed E-state index contributed by atoms with van der Waals surface area (Å²) < 4.78 is 0. The van der Waals surface area contributed by atoms with E-state index in [-0.39, 0.29) is 5.41 Å². The number of aliphatic hydroxyl groups is 1. The van der Waals surface area contributed by atoms with Gasteiger partial charge in [0.25, 0.3) is 0 Å². The van der Waals surface area contributed by atoms with Crippen LogP contribution in [0.25, 0.3) is 0 Å². The zero-order chi connectivity index (χ0) is 16.4. The van der Waals surface area contributed by atoms with E-state index >= 15 is 0 Å². The molecule has 3 fully saturated rings. The third-order valence-electron chi connectivity index (χ3n) is 8.02. The summed E-state index contributed by atoms with van der Waals surface area (Å²) in [4.78, 5) is 11.9. The zero-order valence-electron chi connectivity index (χ0n) is 14.3. The molecule has 2 heteroatoms. The lowest BCUT2D eigenvalue weighted by Crippen LogP contribution is -2.52. The normalized spacial score (nSPS) is 52.0. The molecule has 124 valence electrons. The first-order chi connectivity index (χ1) is 10.9. The van der Waals surface area contributed by atoms with Gasteiger partial charge >= 0.3 is 0 Å². The van der Waals surface area contributed by atoms with Crippen LogP contribution in [0.2, 0.25) is 0 Å². The minimum absolute atomic E-state index is 0.113. The smallest absolute Gasteiger partial charge is 0.155 e. The van der Waals surface area contributed by atoms with Crippen molar-refractivity contribution in [3.05, 3.63) is 11.6 Å². The number of allylic oxidation sites excluding steroid dienone is 1. The molecule has 0 aromatic carbocycles. The van der Waals surface area contributed by atoms with Crippen LogP contribution in [0, 0.1) is 47.3 Å². The number of hydrogen-bond acceptors (Lipinski definition) is 2. The van der Waals surface area contributed by atoms with E-state index in [2.05, 4.69) is 19.8 Å². The molecule has 23 heavy (non-hydrogen) atoms. The molecule has 0 aliphatic heterocycles. The monoisotopic (exact) mass is 312 g/mol. The Kier molecular flexibility index (Phi) is 3.34. The topological polar surface area (TPSA) is 37.3 Å². The number of carbonyl (C=O) groups excluding carboxylic acids is 1. The second kappa shape index (κ2) is 4.96. The van der Waals surface area contributed by atoms with Gasteiger partial charge in [-0.25, -0.2) is 0 Å². The van der Waals surface area contributed by atoms with Crippen molar-refractivity contribution in [1.82, 2.24) is 0 Å². The van der Waals surface area contributed by atoms with Gasteiger partial charge in [-0.15, -0.1) is 6.42 Å². The standard InChI is InChI=1S/C21H28O2/c1-4-21(23)10-8-18-16-6-5-14-12-15(22)11-13(2)19(14)17(16)7-9-20(18,21)3/h1,12-13,16-19,23H,5-11H2,2-3H3/t13?,16-,17+,18+,19+,20+,21+/m1/s1. The van der Waals surface area contributed by atoms with Crippen molar-refractivity contribution in [2.45, 2.75) is 64.4 Å². The van der Waals surface area contributed by atoms with E-state index in [1.165, 1.54) is 12.0 Å². The maximum Gasteiger partial charge on any atom is 0.155 e. The molecule has 3 saturated carbocycles. The first kappa shape index (κ1) is 15.5. The van der Waals surface area contributed by atoms with Gasteiger partial charge < -0.3 is 5.11 Å². The van der Waals surface area contributed by atoms with Crippen molar-refractivity contribution in [3.63, 3.8) is 0 Å². The fraction of sp³-hybridized carbons (Fsp3) is 0.762. The lowest BCUT2D eigenvalue weighted by atomic mass is 9.49. The highest BCUT2D eigenvalue weighted by atomic mass is 16.3. The van der Waals surface area contributed by atoms with Crippen LogP contribution < -0.4 is 0 Å². The van der Waals surface area contributed by atoms with Gasteiger partial charge in [-0.05, 0) is 74.2 Å². The Morgan fingerprint density at radius 2 is 2.04 bits per heavy atom. The molecule has 1 N–H and O–H groups in total. The SMILES string of the molecule is C#C[C@]1(O)CC[C@H]2[C@@H]3CCC4=CC(=O)CC(C)[C@@H]4[C@H]3CC[C@@]21C. The molecule has 4 aliphatic carbocycles. The summed E-state index contributed by atoms with van der Waals surface area (Å²) in [7, 11) is 0. The molecule has 0 saturated heterocycles. The highest BCUT2D eigenvalue weighted by molar-refractivity contribution is 5.91. The van der Waals surface area contributed by atoms with Crippen molar-refractivity contribution < 1.29 is 9.90 Å². The number of rotatable bonds is 0. The van der Waals surface area contributed by atoms with Gasteiger partial charge in [0.05, 0.1) is 0 Å². The second-order valence-electron chi connectivity index (χ2n) is 8.87. The summed E-state index contributed by atoms with van der Waals surface area (Å²) in [6.45, 7) is 4.50. The molecule has 0 heterocycles. The summed E-state index contributed by atoms with van der Waals surface area (Å²) in [5.74, 6) is 6.06. The summed E-state index contributed by atoms with van der Waals surface area (Å²) in [5.41, 5.74) is 0.397. The Labute approximate surface area is 139 Å². The first-order valence-electron chi connectivity index (χ1n) is 9.33. The van der Waals surface area contributed by atoms with Gasteiger partial charge in [0.15, 0.2) is 5.78 Å². The Bertz CT molecular complexity index is 612. The quantitative estimate of drug-likeness (QED) is 0.692. The number of hydrogen-bond donors (Lipinski definition) is 1. The third kappa shape index (κ3) is 1.96. The lowest BCUT2D eigenvalue weighted by molar-refractivity contribution is -0.118. The molecule has 4 rings (SSSR count). The second-order valence-corrected chi connectivity index (χ2v) is 8.87. The molecule has 0 radical (unpaired) electrons. The molecule has 0 amide bonds. The summed E-state index contributed by atoms with van der Waals surface area (Å²) in [5, 5.41) is 11.0. The van der Waals surface area contributed by atoms with Gasteiger partial charge in [-0.1, -0.05) is 25.3 Å².